The van der Waals surface area contributed by atoms with E-state index >= 15 is 0 Å². The van der Waals surface area contributed by atoms with Gasteiger partial charge in [0.15, 0.2) is 0 Å². The van der Waals surface area contributed by atoms with Crippen LogP contribution in [0, 0.1) is 0 Å². The van der Waals surface area contributed by atoms with Crippen LogP contribution in [0.25, 0.3) is 0 Å². The van der Waals surface area contributed by atoms with Gasteiger partial charge in [0.25, 0.3) is 5.91 Å². The zero-order chi connectivity index (χ0) is 15.8. The first-order valence-corrected chi connectivity index (χ1v) is 7.62. The van der Waals surface area contributed by atoms with E-state index in [2.05, 4.69) is 10.6 Å². The van der Waals surface area contributed by atoms with E-state index in [0.717, 1.165) is 13.0 Å². The highest BCUT2D eigenvalue weighted by Crippen LogP contribution is 2.13. The Morgan fingerprint density at radius 1 is 1.17 bits per heavy atom. The summed E-state index contributed by atoms with van der Waals surface area (Å²) in [6, 6.07) is 7.04. The Bertz CT molecular complexity index is 502. The van der Waals surface area contributed by atoms with Crippen LogP contribution in [0.4, 0.5) is 5.69 Å². The van der Waals surface area contributed by atoms with E-state index in [1.54, 1.807) is 29.2 Å². The van der Waals surface area contributed by atoms with Crippen molar-refractivity contribution in [1.82, 2.24) is 10.2 Å². The third-order valence-electron chi connectivity index (χ3n) is 3.54. The highest BCUT2D eigenvalue weighted by atomic mass is 35.5. The molecule has 2 amide bonds. The predicted molar refractivity (Wildman–Crippen MR) is 92.2 cm³/mol. The zero-order valence-corrected chi connectivity index (χ0v) is 14.2. The number of nitrogens with zero attached hydrogens (tertiary/aromatic N) is 1. The van der Waals surface area contributed by atoms with Gasteiger partial charge in [0.1, 0.15) is 0 Å². The van der Waals surface area contributed by atoms with Gasteiger partial charge in [-0.05, 0) is 44.3 Å². The topological polar surface area (TPSA) is 70.7 Å². The lowest BCUT2D eigenvalue weighted by atomic mass is 10.1. The number of hydrogen-bond donors (Lipinski definition) is 2. The van der Waals surface area contributed by atoms with Gasteiger partial charge in [0.05, 0.1) is 13.2 Å². The van der Waals surface area contributed by atoms with Gasteiger partial charge >= 0.3 is 0 Å². The lowest BCUT2D eigenvalue weighted by molar-refractivity contribution is -0.116. The number of halogens is 1. The summed E-state index contributed by atoms with van der Waals surface area (Å²) in [4.78, 5) is 25.8. The van der Waals surface area contributed by atoms with Gasteiger partial charge in [-0.3, -0.25) is 9.59 Å². The van der Waals surface area contributed by atoms with Crippen LogP contribution in [0.15, 0.2) is 24.3 Å². The Morgan fingerprint density at radius 3 is 2.43 bits per heavy atom. The lowest BCUT2D eigenvalue weighted by Gasteiger charge is -2.26. The largest absolute Gasteiger partial charge is 0.378 e. The maximum Gasteiger partial charge on any atom is 0.254 e. The number of morpholine rings is 1. The van der Waals surface area contributed by atoms with Gasteiger partial charge in [-0.15, -0.1) is 12.4 Å². The fourth-order valence-electron chi connectivity index (χ4n) is 2.29. The van der Waals surface area contributed by atoms with Crippen LogP contribution in [0.3, 0.4) is 0 Å². The molecule has 1 fully saturated rings. The fraction of sp³-hybridized carbons (Fsp3) is 0.500. The van der Waals surface area contributed by atoms with Gasteiger partial charge in [-0.2, -0.15) is 0 Å². The molecule has 0 bridgehead atoms. The number of hydrogen-bond acceptors (Lipinski definition) is 4. The molecule has 6 nitrogen and oxygen atoms in total. The summed E-state index contributed by atoms with van der Waals surface area (Å²) < 4.78 is 5.24. The molecule has 1 saturated heterocycles. The Kier molecular flexibility index (Phi) is 8.61. The first kappa shape index (κ1) is 19.4. The molecule has 1 aromatic carbocycles. The smallest absolute Gasteiger partial charge is 0.254 e. The zero-order valence-electron chi connectivity index (χ0n) is 13.3. The lowest BCUT2D eigenvalue weighted by Crippen LogP contribution is -2.40. The molecule has 0 aromatic heterocycles. The Balaban J connectivity index is 0.00000264. The van der Waals surface area contributed by atoms with Crippen LogP contribution < -0.4 is 10.6 Å². The highest BCUT2D eigenvalue weighted by molar-refractivity contribution is 5.95. The number of carbonyl (C=O) groups excluding carboxylic acids is 2. The molecular weight excluding hydrogens is 318 g/mol. The van der Waals surface area contributed by atoms with E-state index in [9.17, 15) is 9.59 Å². The van der Waals surface area contributed by atoms with Gasteiger partial charge in [-0.1, -0.05) is 0 Å². The van der Waals surface area contributed by atoms with E-state index in [4.69, 9.17) is 4.74 Å². The molecule has 0 radical (unpaired) electrons. The maximum absolute atomic E-state index is 12.3. The number of nitrogens with one attached hydrogen (secondary N) is 2. The number of ether oxygens (including phenoxy) is 1. The fourth-order valence-corrected chi connectivity index (χ4v) is 2.29. The summed E-state index contributed by atoms with van der Waals surface area (Å²) in [5.41, 5.74) is 1.35. The molecule has 2 N–H and O–H groups in total. The predicted octanol–water partition coefficient (Wildman–Crippen LogP) is 1.52. The second kappa shape index (κ2) is 10.2. The molecular formula is C16H24ClN3O3. The normalized spacial score (nSPS) is 14.0. The van der Waals surface area contributed by atoms with Crippen molar-refractivity contribution in [3.05, 3.63) is 29.8 Å². The van der Waals surface area contributed by atoms with Crippen molar-refractivity contribution < 1.29 is 14.3 Å². The van der Waals surface area contributed by atoms with E-state index in [0.29, 0.717) is 44.0 Å². The minimum atomic E-state index is -0.0116. The van der Waals surface area contributed by atoms with Gasteiger partial charge in [0, 0.05) is 30.8 Å². The van der Waals surface area contributed by atoms with Crippen molar-refractivity contribution in [3.63, 3.8) is 0 Å². The molecule has 0 unspecified atom stereocenters. The van der Waals surface area contributed by atoms with Gasteiger partial charge in [0.2, 0.25) is 5.91 Å². The van der Waals surface area contributed by atoms with Crippen molar-refractivity contribution in [2.24, 2.45) is 0 Å². The molecule has 2 rings (SSSR count). The summed E-state index contributed by atoms with van der Waals surface area (Å²) in [6.07, 6.45) is 1.28. The van der Waals surface area contributed by atoms with Crippen molar-refractivity contribution >= 4 is 29.9 Å². The maximum atomic E-state index is 12.3. The summed E-state index contributed by atoms with van der Waals surface area (Å²) in [6.45, 7) is 3.25. The van der Waals surface area contributed by atoms with Gasteiger partial charge in [-0.25, -0.2) is 0 Å². The van der Waals surface area contributed by atoms with E-state index in [-0.39, 0.29) is 24.2 Å². The van der Waals surface area contributed by atoms with Crippen LogP contribution in [0.5, 0.6) is 0 Å². The minimum Gasteiger partial charge on any atom is -0.378 e. The molecule has 0 saturated carbocycles. The summed E-state index contributed by atoms with van der Waals surface area (Å²) in [5, 5.41) is 5.84. The second-order valence-electron chi connectivity index (χ2n) is 5.24. The third-order valence-corrected chi connectivity index (χ3v) is 3.54. The molecule has 7 heteroatoms. The van der Waals surface area contributed by atoms with Crippen molar-refractivity contribution in [1.29, 1.82) is 0 Å². The first-order chi connectivity index (χ1) is 10.7. The quantitative estimate of drug-likeness (QED) is 0.770. The highest BCUT2D eigenvalue weighted by Gasteiger charge is 2.18. The van der Waals surface area contributed by atoms with E-state index in [1.165, 1.54) is 0 Å². The average Bonchev–Trinajstić information content (AvgIpc) is 2.56. The first-order valence-electron chi connectivity index (χ1n) is 7.62. The van der Waals surface area contributed by atoms with Gasteiger partial charge < -0.3 is 20.3 Å². The molecule has 23 heavy (non-hydrogen) atoms. The molecule has 1 aliphatic heterocycles. The molecule has 1 heterocycles. The molecule has 128 valence electrons. The molecule has 1 aromatic rings. The summed E-state index contributed by atoms with van der Waals surface area (Å²) in [7, 11) is 1.86. The number of amides is 2. The summed E-state index contributed by atoms with van der Waals surface area (Å²) >= 11 is 0. The number of carbonyl (C=O) groups is 2. The molecule has 1 aliphatic rings. The van der Waals surface area contributed by atoms with Crippen LogP contribution in [0.2, 0.25) is 0 Å². The Labute approximate surface area is 143 Å². The van der Waals surface area contributed by atoms with E-state index in [1.807, 2.05) is 7.05 Å². The second-order valence-corrected chi connectivity index (χ2v) is 5.24. The Morgan fingerprint density at radius 2 is 1.83 bits per heavy atom. The van der Waals surface area contributed by atoms with Crippen molar-refractivity contribution in [2.75, 3.05) is 45.2 Å². The minimum absolute atomic E-state index is 0. The average molecular weight is 342 g/mol. The monoisotopic (exact) mass is 341 g/mol. The number of rotatable bonds is 6. The molecule has 0 spiro atoms. The van der Waals surface area contributed by atoms with Crippen LogP contribution >= 0.6 is 12.4 Å². The molecule has 0 aliphatic carbocycles. The van der Waals surface area contributed by atoms with E-state index < -0.39 is 0 Å². The van der Waals surface area contributed by atoms with Crippen molar-refractivity contribution in [3.8, 4) is 0 Å². The van der Waals surface area contributed by atoms with Crippen LogP contribution in [-0.2, 0) is 9.53 Å². The summed E-state index contributed by atoms with van der Waals surface area (Å²) in [5.74, 6) is -0.00213. The third kappa shape index (κ3) is 6.17. The van der Waals surface area contributed by atoms with Crippen LogP contribution in [0.1, 0.15) is 23.2 Å². The number of anilines is 1. The SMILES string of the molecule is CNCCCC(=O)Nc1ccc(C(=O)N2CCOCC2)cc1.Cl. The van der Waals surface area contributed by atoms with Crippen LogP contribution in [-0.4, -0.2) is 56.6 Å². The standard InChI is InChI=1S/C16H23N3O3.ClH/c1-17-8-2-3-15(20)18-14-6-4-13(5-7-14)16(21)19-9-11-22-12-10-19;/h4-7,17H,2-3,8-12H2,1H3,(H,18,20);1H. The number of benzene rings is 1. The Hall–Kier alpha value is -1.63. The van der Waals surface area contributed by atoms with Crippen molar-refractivity contribution in [2.45, 2.75) is 12.8 Å². The molecule has 0 atom stereocenters.